The predicted molar refractivity (Wildman–Crippen MR) is 45.6 cm³/mol. The first-order valence-electron chi connectivity index (χ1n) is 3.66. The summed E-state index contributed by atoms with van der Waals surface area (Å²) in [7, 11) is 6.38. The van der Waals surface area contributed by atoms with Gasteiger partial charge >= 0.3 is 0 Å². The molecule has 11 heavy (non-hydrogen) atoms. The van der Waals surface area contributed by atoms with Crippen LogP contribution in [0.25, 0.3) is 0 Å². The summed E-state index contributed by atoms with van der Waals surface area (Å²) in [6.07, 6.45) is 6.46. The van der Waals surface area contributed by atoms with Crippen LogP contribution in [0, 0.1) is 12.3 Å². The zero-order valence-electron chi connectivity index (χ0n) is 8.11. The van der Waals surface area contributed by atoms with Gasteiger partial charge in [0.1, 0.15) is 0 Å². The van der Waals surface area contributed by atoms with E-state index in [-0.39, 0.29) is 17.9 Å². The van der Waals surface area contributed by atoms with Crippen molar-refractivity contribution in [2.24, 2.45) is 0 Å². The Balaban J connectivity index is 0. The van der Waals surface area contributed by atoms with Crippen LogP contribution in [0.15, 0.2) is 0 Å². The molecule has 1 atom stereocenters. The molecule has 66 valence electrons. The Hall–Kier alpha value is -0.190. The maximum absolute atomic E-state index is 5.44. The Morgan fingerprint density at radius 2 is 1.73 bits per heavy atom. The molecule has 0 saturated heterocycles. The highest BCUT2D eigenvalue weighted by atomic mass is 35.5. The van der Waals surface area contributed by atoms with Gasteiger partial charge < -0.3 is 16.9 Å². The lowest BCUT2D eigenvalue weighted by Gasteiger charge is -2.39. The Labute approximate surface area is 76.8 Å². The molecule has 1 unspecified atom stereocenters. The third-order valence-corrected chi connectivity index (χ3v) is 2.48. The summed E-state index contributed by atoms with van der Waals surface area (Å²) >= 11 is 0. The van der Waals surface area contributed by atoms with Crippen molar-refractivity contribution in [3.05, 3.63) is 0 Å². The summed E-state index contributed by atoms with van der Waals surface area (Å²) in [6, 6.07) is 0. The van der Waals surface area contributed by atoms with Crippen LogP contribution in [0.4, 0.5) is 0 Å². The Morgan fingerprint density at radius 3 is 1.73 bits per heavy atom. The van der Waals surface area contributed by atoms with E-state index in [4.69, 9.17) is 6.42 Å². The molecular formula is C9H18ClN. The molecule has 0 aliphatic carbocycles. The summed E-state index contributed by atoms with van der Waals surface area (Å²) in [5.74, 6) is 2.84. The van der Waals surface area contributed by atoms with Crippen molar-refractivity contribution >= 4 is 0 Å². The largest absolute Gasteiger partial charge is 1.00 e. The van der Waals surface area contributed by atoms with Crippen LogP contribution in [0.3, 0.4) is 0 Å². The second-order valence-corrected chi connectivity index (χ2v) is 3.78. The average Bonchev–Trinajstić information content (AvgIpc) is 1.84. The van der Waals surface area contributed by atoms with E-state index < -0.39 is 0 Å². The van der Waals surface area contributed by atoms with Gasteiger partial charge in [-0.25, -0.2) is 0 Å². The lowest BCUT2D eigenvalue weighted by atomic mass is 9.96. The van der Waals surface area contributed by atoms with Gasteiger partial charge in [0.25, 0.3) is 0 Å². The van der Waals surface area contributed by atoms with Crippen LogP contribution in [0.5, 0.6) is 0 Å². The minimum absolute atomic E-state index is 0. The summed E-state index contributed by atoms with van der Waals surface area (Å²) < 4.78 is 0.833. The van der Waals surface area contributed by atoms with E-state index in [0.29, 0.717) is 0 Å². The molecule has 0 N–H and O–H groups in total. The van der Waals surface area contributed by atoms with Gasteiger partial charge in [-0.1, -0.05) is 6.92 Å². The highest BCUT2D eigenvalue weighted by Crippen LogP contribution is 2.20. The number of hydrogen-bond acceptors (Lipinski definition) is 0. The fourth-order valence-electron chi connectivity index (χ4n) is 0.770. The van der Waals surface area contributed by atoms with E-state index in [1.54, 1.807) is 0 Å². The third-order valence-electron chi connectivity index (χ3n) is 2.48. The highest BCUT2D eigenvalue weighted by Gasteiger charge is 2.33. The van der Waals surface area contributed by atoms with E-state index in [1.165, 1.54) is 0 Å². The van der Waals surface area contributed by atoms with E-state index >= 15 is 0 Å². The zero-order valence-corrected chi connectivity index (χ0v) is 8.87. The van der Waals surface area contributed by atoms with E-state index in [0.717, 1.165) is 10.9 Å². The van der Waals surface area contributed by atoms with Gasteiger partial charge in [-0.15, -0.1) is 6.42 Å². The van der Waals surface area contributed by atoms with Gasteiger partial charge in [0.2, 0.25) is 0 Å². The molecule has 0 bridgehead atoms. The SMILES string of the molecule is C#CC(C)(CC)[N+](C)(C)C.[Cl-]. The Morgan fingerprint density at radius 1 is 1.36 bits per heavy atom. The molecule has 0 aromatic rings. The van der Waals surface area contributed by atoms with Crippen LogP contribution >= 0.6 is 0 Å². The van der Waals surface area contributed by atoms with Crippen molar-refractivity contribution < 1.29 is 16.9 Å². The van der Waals surface area contributed by atoms with Gasteiger partial charge in [-0.05, 0) is 5.92 Å². The summed E-state index contributed by atoms with van der Waals surface area (Å²) in [5, 5.41) is 0. The number of hydrogen-bond donors (Lipinski definition) is 0. The normalized spacial score (nSPS) is 16.0. The molecule has 0 saturated carbocycles. The Kier molecular flexibility index (Phi) is 4.86. The zero-order chi connectivity index (χ0) is 8.41. The van der Waals surface area contributed by atoms with Crippen LogP contribution in [0.2, 0.25) is 0 Å². The van der Waals surface area contributed by atoms with E-state index in [2.05, 4.69) is 40.9 Å². The van der Waals surface area contributed by atoms with Crippen molar-refractivity contribution in [2.45, 2.75) is 25.8 Å². The molecule has 0 heterocycles. The lowest BCUT2D eigenvalue weighted by molar-refractivity contribution is -0.912. The number of terminal acetylenes is 1. The van der Waals surface area contributed by atoms with Crippen LogP contribution in [-0.4, -0.2) is 31.2 Å². The highest BCUT2D eigenvalue weighted by molar-refractivity contribution is 5.04. The maximum Gasteiger partial charge on any atom is 0.156 e. The van der Waals surface area contributed by atoms with Crippen LogP contribution < -0.4 is 12.4 Å². The average molecular weight is 176 g/mol. The first-order valence-corrected chi connectivity index (χ1v) is 3.66. The van der Waals surface area contributed by atoms with Crippen molar-refractivity contribution in [2.75, 3.05) is 21.1 Å². The molecule has 0 aliphatic heterocycles. The smallest absolute Gasteiger partial charge is 0.156 e. The molecule has 0 fully saturated rings. The molecule has 0 aromatic carbocycles. The van der Waals surface area contributed by atoms with Crippen LogP contribution in [0.1, 0.15) is 20.3 Å². The van der Waals surface area contributed by atoms with Crippen molar-refractivity contribution in [3.8, 4) is 12.3 Å². The minimum atomic E-state index is -0.0139. The molecular weight excluding hydrogens is 158 g/mol. The van der Waals surface area contributed by atoms with Gasteiger partial charge in [-0.3, -0.25) is 0 Å². The predicted octanol–water partition coefficient (Wildman–Crippen LogP) is -1.50. The molecule has 2 heteroatoms. The molecule has 0 spiro atoms. The first-order chi connectivity index (χ1) is 4.37. The number of rotatable bonds is 2. The molecule has 0 aliphatic rings. The Bertz CT molecular complexity index is 152. The fraction of sp³-hybridized carbons (Fsp3) is 0.778. The second-order valence-electron chi connectivity index (χ2n) is 3.78. The molecule has 0 amide bonds. The quantitative estimate of drug-likeness (QED) is 0.354. The van der Waals surface area contributed by atoms with E-state index in [9.17, 15) is 0 Å². The molecule has 1 nitrogen and oxygen atoms in total. The molecule has 0 aromatic heterocycles. The van der Waals surface area contributed by atoms with Crippen molar-refractivity contribution in [1.82, 2.24) is 0 Å². The summed E-state index contributed by atoms with van der Waals surface area (Å²) in [4.78, 5) is 0. The number of halogens is 1. The van der Waals surface area contributed by atoms with Crippen LogP contribution in [-0.2, 0) is 0 Å². The molecule has 0 radical (unpaired) electrons. The van der Waals surface area contributed by atoms with Crippen molar-refractivity contribution in [1.29, 1.82) is 0 Å². The van der Waals surface area contributed by atoms with Crippen molar-refractivity contribution in [3.63, 3.8) is 0 Å². The monoisotopic (exact) mass is 175 g/mol. The lowest BCUT2D eigenvalue weighted by Crippen LogP contribution is -3.00. The minimum Gasteiger partial charge on any atom is -1.00 e. The van der Waals surface area contributed by atoms with Gasteiger partial charge in [0, 0.05) is 13.3 Å². The first kappa shape index (κ1) is 13.4. The second kappa shape index (κ2) is 3.99. The summed E-state index contributed by atoms with van der Waals surface area (Å²) in [5.41, 5.74) is -0.0139. The topological polar surface area (TPSA) is 0 Å². The van der Waals surface area contributed by atoms with Gasteiger partial charge in [0.15, 0.2) is 5.54 Å². The number of nitrogens with zero attached hydrogens (tertiary/aromatic N) is 1. The maximum atomic E-state index is 5.44. The van der Waals surface area contributed by atoms with Gasteiger partial charge in [-0.2, -0.15) is 0 Å². The van der Waals surface area contributed by atoms with E-state index in [1.807, 2.05) is 0 Å². The third kappa shape index (κ3) is 2.73. The molecule has 0 rings (SSSR count). The van der Waals surface area contributed by atoms with Gasteiger partial charge in [0.05, 0.1) is 21.1 Å². The standard InChI is InChI=1S/C9H18N.ClH/c1-7-9(3,8-2)10(4,5)6;/h1H,8H2,2-6H3;1H/q+1;/p-1. The summed E-state index contributed by atoms with van der Waals surface area (Å²) in [6.45, 7) is 4.25. The fourth-order valence-corrected chi connectivity index (χ4v) is 0.770. The number of quaternary nitrogens is 1.